The number of nitrogens with one attached hydrogen (secondary N) is 1. The molecule has 7 heteroatoms. The van der Waals surface area contributed by atoms with E-state index >= 15 is 0 Å². The van der Waals surface area contributed by atoms with Gasteiger partial charge in [0.15, 0.2) is 0 Å². The molecule has 2 amide bonds. The summed E-state index contributed by atoms with van der Waals surface area (Å²) in [5, 5.41) is 2.52. The van der Waals surface area contributed by atoms with Crippen LogP contribution in [0.15, 0.2) is 18.3 Å². The fourth-order valence-corrected chi connectivity index (χ4v) is 3.08. The van der Waals surface area contributed by atoms with Crippen LogP contribution in [-0.2, 0) is 9.53 Å². The van der Waals surface area contributed by atoms with E-state index in [1.165, 1.54) is 0 Å². The van der Waals surface area contributed by atoms with Crippen molar-refractivity contribution in [1.29, 1.82) is 0 Å². The summed E-state index contributed by atoms with van der Waals surface area (Å²) in [5.74, 6) is 0.540. The van der Waals surface area contributed by atoms with Crippen LogP contribution in [0.1, 0.15) is 20.8 Å². The van der Waals surface area contributed by atoms with Crippen molar-refractivity contribution in [2.24, 2.45) is 5.41 Å². The average Bonchev–Trinajstić information content (AvgIpc) is 2.35. The predicted octanol–water partition coefficient (Wildman–Crippen LogP) is 1.71. The summed E-state index contributed by atoms with van der Waals surface area (Å²) in [6.07, 6.45) is 2.14. The molecule has 0 bridgehead atoms. The minimum absolute atomic E-state index is 0.191. The second-order valence-corrected chi connectivity index (χ2v) is 7.36. The van der Waals surface area contributed by atoms with Crippen molar-refractivity contribution in [3.63, 3.8) is 0 Å². The number of anilines is 2. The number of aromatic nitrogens is 1. The van der Waals surface area contributed by atoms with Gasteiger partial charge >= 0.3 is 6.09 Å². The number of amides is 2. The first-order chi connectivity index (χ1) is 10.8. The molecular formula is C16H22N4O3. The number of pyridine rings is 1. The molecule has 3 rings (SSSR count). The van der Waals surface area contributed by atoms with Gasteiger partial charge in [-0.1, -0.05) is 0 Å². The molecule has 0 aliphatic carbocycles. The Kier molecular flexibility index (Phi) is 3.66. The second kappa shape index (κ2) is 5.40. The van der Waals surface area contributed by atoms with E-state index < -0.39 is 5.60 Å². The fourth-order valence-electron chi connectivity index (χ4n) is 3.08. The Balaban J connectivity index is 1.48. The topological polar surface area (TPSA) is 74.8 Å². The highest BCUT2D eigenvalue weighted by molar-refractivity contribution is 5.71. The van der Waals surface area contributed by atoms with Crippen molar-refractivity contribution in [2.45, 2.75) is 26.4 Å². The Hall–Kier alpha value is -2.31. The Morgan fingerprint density at radius 3 is 2.52 bits per heavy atom. The molecule has 2 saturated heterocycles. The molecule has 124 valence electrons. The van der Waals surface area contributed by atoms with Crippen molar-refractivity contribution in [2.75, 3.05) is 36.4 Å². The number of likely N-dealkylation sites (tertiary alicyclic amines) is 1. The van der Waals surface area contributed by atoms with Crippen LogP contribution >= 0.6 is 0 Å². The van der Waals surface area contributed by atoms with Crippen LogP contribution in [0.3, 0.4) is 0 Å². The molecule has 3 heterocycles. The molecule has 0 atom stereocenters. The van der Waals surface area contributed by atoms with Gasteiger partial charge in [0.1, 0.15) is 11.4 Å². The first-order valence-electron chi connectivity index (χ1n) is 7.69. The molecule has 2 aliphatic heterocycles. The lowest BCUT2D eigenvalue weighted by Crippen LogP contribution is -2.73. The predicted molar refractivity (Wildman–Crippen MR) is 86.4 cm³/mol. The molecule has 0 unspecified atom stereocenters. The number of hydrogen-bond donors (Lipinski definition) is 1. The molecule has 2 fully saturated rings. The fraction of sp³-hybridized carbons (Fsp3) is 0.562. The lowest BCUT2D eigenvalue weighted by molar-refractivity contribution is -0.105. The highest BCUT2D eigenvalue weighted by Crippen LogP contribution is 2.42. The van der Waals surface area contributed by atoms with Crippen LogP contribution in [0.4, 0.5) is 16.3 Å². The number of ether oxygens (including phenoxy) is 1. The Labute approximate surface area is 135 Å². The maximum atomic E-state index is 12.0. The van der Waals surface area contributed by atoms with Gasteiger partial charge in [-0.25, -0.2) is 9.78 Å². The first-order valence-corrected chi connectivity index (χ1v) is 7.69. The summed E-state index contributed by atoms with van der Waals surface area (Å²) in [5.41, 5.74) is 0.772. The van der Waals surface area contributed by atoms with Gasteiger partial charge in [0.05, 0.1) is 11.9 Å². The molecule has 7 nitrogen and oxygen atoms in total. The minimum Gasteiger partial charge on any atom is -0.444 e. The third-order valence-electron chi connectivity index (χ3n) is 4.08. The van der Waals surface area contributed by atoms with E-state index in [0.29, 0.717) is 12.2 Å². The quantitative estimate of drug-likeness (QED) is 0.859. The third-order valence-corrected chi connectivity index (χ3v) is 4.08. The van der Waals surface area contributed by atoms with Gasteiger partial charge in [-0.15, -0.1) is 0 Å². The van der Waals surface area contributed by atoms with E-state index in [4.69, 9.17) is 4.74 Å². The van der Waals surface area contributed by atoms with E-state index in [1.54, 1.807) is 17.2 Å². The molecule has 1 spiro atoms. The van der Waals surface area contributed by atoms with Crippen molar-refractivity contribution in [3.05, 3.63) is 18.3 Å². The highest BCUT2D eigenvalue weighted by atomic mass is 16.6. The number of carbonyl (C=O) groups is 2. The lowest BCUT2D eigenvalue weighted by atomic mass is 9.73. The van der Waals surface area contributed by atoms with Gasteiger partial charge in [0, 0.05) is 31.6 Å². The van der Waals surface area contributed by atoms with Crippen LogP contribution in [0.5, 0.6) is 0 Å². The van der Waals surface area contributed by atoms with Crippen LogP contribution in [0.25, 0.3) is 0 Å². The Bertz CT molecular complexity index is 595. The van der Waals surface area contributed by atoms with Crippen molar-refractivity contribution in [1.82, 2.24) is 9.88 Å². The first kappa shape index (κ1) is 15.6. The monoisotopic (exact) mass is 318 g/mol. The molecule has 0 saturated carbocycles. The summed E-state index contributed by atoms with van der Waals surface area (Å²) in [4.78, 5) is 30.5. The van der Waals surface area contributed by atoms with E-state index in [1.807, 2.05) is 26.8 Å². The van der Waals surface area contributed by atoms with Crippen LogP contribution in [0, 0.1) is 5.41 Å². The molecule has 0 aromatic carbocycles. The molecule has 1 N–H and O–H groups in total. The molecular weight excluding hydrogens is 296 g/mol. The molecule has 1 aromatic heterocycles. The van der Waals surface area contributed by atoms with Gasteiger partial charge in [-0.2, -0.15) is 0 Å². The van der Waals surface area contributed by atoms with E-state index in [2.05, 4.69) is 15.2 Å². The largest absolute Gasteiger partial charge is 0.444 e. The lowest BCUT2D eigenvalue weighted by Gasteiger charge is -2.60. The molecule has 23 heavy (non-hydrogen) atoms. The van der Waals surface area contributed by atoms with Crippen LogP contribution in [-0.4, -0.2) is 54.2 Å². The van der Waals surface area contributed by atoms with Gasteiger partial charge in [-0.3, -0.25) is 4.79 Å². The van der Waals surface area contributed by atoms with Crippen molar-refractivity contribution in [3.8, 4) is 0 Å². The number of carbonyl (C=O) groups excluding carboxylic acids is 2. The maximum absolute atomic E-state index is 12.0. The maximum Gasteiger partial charge on any atom is 0.410 e. The SMILES string of the molecule is CC(C)(C)OC(=O)N1CC2(C1)CN(c1ccc(NC=O)nc1)C2. The van der Waals surface area contributed by atoms with E-state index in [-0.39, 0.29) is 11.5 Å². The smallest absolute Gasteiger partial charge is 0.410 e. The third kappa shape index (κ3) is 3.23. The van der Waals surface area contributed by atoms with Crippen molar-refractivity contribution >= 4 is 24.0 Å². The summed E-state index contributed by atoms with van der Waals surface area (Å²) in [6.45, 7) is 8.95. The Morgan fingerprint density at radius 2 is 2.00 bits per heavy atom. The van der Waals surface area contributed by atoms with Crippen LogP contribution in [0.2, 0.25) is 0 Å². The zero-order chi connectivity index (χ0) is 16.7. The van der Waals surface area contributed by atoms with Gasteiger partial charge in [0.25, 0.3) is 0 Å². The van der Waals surface area contributed by atoms with Crippen molar-refractivity contribution < 1.29 is 14.3 Å². The van der Waals surface area contributed by atoms with Gasteiger partial charge < -0.3 is 19.9 Å². The average molecular weight is 318 g/mol. The zero-order valence-electron chi connectivity index (χ0n) is 13.7. The number of hydrogen-bond acceptors (Lipinski definition) is 5. The summed E-state index contributed by atoms with van der Waals surface area (Å²) in [7, 11) is 0. The van der Waals surface area contributed by atoms with E-state index in [0.717, 1.165) is 31.9 Å². The normalized spacial score (nSPS) is 18.9. The summed E-state index contributed by atoms with van der Waals surface area (Å²) in [6, 6.07) is 3.72. The Morgan fingerprint density at radius 1 is 1.30 bits per heavy atom. The van der Waals surface area contributed by atoms with E-state index in [9.17, 15) is 9.59 Å². The zero-order valence-corrected chi connectivity index (χ0v) is 13.7. The standard InChI is InChI=1S/C16H22N4O3/c1-15(2,3)23-14(22)20-9-16(10-20)7-19(8-16)12-4-5-13(17-6-12)18-11-21/h4-6,11H,7-10H2,1-3H3,(H,17,18,21). The highest BCUT2D eigenvalue weighted by Gasteiger charge is 2.54. The number of rotatable bonds is 3. The molecule has 0 radical (unpaired) electrons. The molecule has 1 aromatic rings. The minimum atomic E-state index is -0.450. The number of nitrogens with zero attached hydrogens (tertiary/aromatic N) is 3. The van der Waals surface area contributed by atoms with Gasteiger partial charge in [0.2, 0.25) is 6.41 Å². The summed E-state index contributed by atoms with van der Waals surface area (Å²) < 4.78 is 5.38. The second-order valence-electron chi connectivity index (χ2n) is 7.36. The molecule has 2 aliphatic rings. The summed E-state index contributed by atoms with van der Waals surface area (Å²) >= 11 is 0. The van der Waals surface area contributed by atoms with Gasteiger partial charge in [-0.05, 0) is 32.9 Å². The van der Waals surface area contributed by atoms with Crippen LogP contribution < -0.4 is 10.2 Å².